The maximum atomic E-state index is 5.65. The predicted octanol–water partition coefficient (Wildman–Crippen LogP) is 1.87. The van der Waals surface area contributed by atoms with Crippen LogP contribution in [0.4, 0.5) is 0 Å². The summed E-state index contributed by atoms with van der Waals surface area (Å²) in [6.45, 7) is 2.15. The van der Waals surface area contributed by atoms with Crippen molar-refractivity contribution < 1.29 is 0 Å². The topological polar surface area (TPSA) is 0 Å². The molecule has 2 heteroatoms. The molecule has 0 fully saturated rings. The van der Waals surface area contributed by atoms with Gasteiger partial charge in [0.05, 0.1) is 0 Å². The molecule has 30 valence electrons. The Morgan fingerprint density at radius 2 is 2.00 bits per heavy atom. The maximum absolute atomic E-state index is 5.65. The van der Waals surface area contributed by atoms with Crippen LogP contribution in [0.5, 0.6) is 0 Å². The molecule has 0 aromatic heterocycles. The summed E-state index contributed by atoms with van der Waals surface area (Å²) in [6.07, 6.45) is 0. The van der Waals surface area contributed by atoms with Gasteiger partial charge in [0.15, 0.2) is 0 Å². The average molecular weight is 149 g/mol. The van der Waals surface area contributed by atoms with Crippen LogP contribution in [0.3, 0.4) is 0 Å². The van der Waals surface area contributed by atoms with E-state index in [4.69, 9.17) is 9.64 Å². The standard InChI is InChI=1S/C2H5.CH3.ClH.Ga/c1-2;;;/h1H2,2H3;1H3;1H;/q;;;+1/p-1. The summed E-state index contributed by atoms with van der Waals surface area (Å²) in [5.74, 6) is 0. The van der Waals surface area contributed by atoms with E-state index in [1.54, 1.807) is 0 Å². The Bertz CT molecular complexity index is 20.9. The third kappa shape index (κ3) is 4.93. The molecule has 0 saturated carbocycles. The van der Waals surface area contributed by atoms with Crippen molar-refractivity contribution in [3.05, 3.63) is 0 Å². The minimum absolute atomic E-state index is 1.04. The SMILES string of the molecule is C[CH2][Ga]([CH3])[Cl]. The van der Waals surface area contributed by atoms with Gasteiger partial charge in [-0.1, -0.05) is 0 Å². The summed E-state index contributed by atoms with van der Waals surface area (Å²) in [4.78, 5) is 1.26. The number of hydrogen-bond acceptors (Lipinski definition) is 0. The van der Waals surface area contributed by atoms with E-state index >= 15 is 0 Å². The van der Waals surface area contributed by atoms with Gasteiger partial charge in [-0.15, -0.1) is 0 Å². The zero-order valence-electron chi connectivity index (χ0n) is 3.66. The fraction of sp³-hybridized carbons (Fsp3) is 1.00. The Kier molecular flexibility index (Phi) is 3.71. The van der Waals surface area contributed by atoms with Crippen LogP contribution in [0.2, 0.25) is 10.5 Å². The fourth-order valence-electron chi connectivity index (χ4n) is 0. The Morgan fingerprint density at radius 3 is 2.00 bits per heavy atom. The molecule has 0 aliphatic rings. The van der Waals surface area contributed by atoms with Crippen LogP contribution in [-0.2, 0) is 0 Å². The monoisotopic (exact) mass is 148 g/mol. The van der Waals surface area contributed by atoms with Gasteiger partial charge < -0.3 is 0 Å². The van der Waals surface area contributed by atoms with Crippen molar-refractivity contribution in [2.24, 2.45) is 0 Å². The zero-order valence-corrected chi connectivity index (χ0v) is 6.84. The molecule has 0 bridgehead atoms. The van der Waals surface area contributed by atoms with Gasteiger partial charge in [-0.25, -0.2) is 0 Å². The second kappa shape index (κ2) is 3.13. The summed E-state index contributed by atoms with van der Waals surface area (Å²) >= 11 is -1.04. The molecule has 5 heavy (non-hydrogen) atoms. The van der Waals surface area contributed by atoms with E-state index in [9.17, 15) is 0 Å². The molecule has 0 unspecified atom stereocenters. The van der Waals surface area contributed by atoms with Gasteiger partial charge in [0.1, 0.15) is 0 Å². The zero-order chi connectivity index (χ0) is 4.28. The molecule has 0 radical (unpaired) electrons. The first-order valence-corrected chi connectivity index (χ1v) is 9.23. The molecule has 0 aliphatic heterocycles. The summed E-state index contributed by atoms with van der Waals surface area (Å²) < 4.78 is 0. The van der Waals surface area contributed by atoms with Crippen molar-refractivity contribution in [1.29, 1.82) is 0 Å². The van der Waals surface area contributed by atoms with Gasteiger partial charge in [-0.05, 0) is 0 Å². The van der Waals surface area contributed by atoms with E-state index in [0.717, 1.165) is 0 Å². The van der Waals surface area contributed by atoms with Crippen molar-refractivity contribution in [3.63, 3.8) is 0 Å². The van der Waals surface area contributed by atoms with Crippen LogP contribution in [-0.4, -0.2) is 15.2 Å². The van der Waals surface area contributed by atoms with Crippen molar-refractivity contribution >= 4 is 24.9 Å². The molecular weight excluding hydrogens is 141 g/mol. The van der Waals surface area contributed by atoms with Gasteiger partial charge in [0, 0.05) is 0 Å². The molecule has 0 atom stereocenters. The first-order chi connectivity index (χ1) is 2.27. The Hall–Kier alpha value is 0.926. The van der Waals surface area contributed by atoms with Gasteiger partial charge in [-0.3, -0.25) is 0 Å². The molecule has 0 amide bonds. The molecule has 0 aromatic carbocycles. The molecule has 0 aliphatic carbocycles. The van der Waals surface area contributed by atoms with E-state index in [1.165, 1.54) is 4.98 Å². The van der Waals surface area contributed by atoms with Crippen LogP contribution in [0, 0.1) is 0 Å². The van der Waals surface area contributed by atoms with E-state index in [2.05, 4.69) is 12.4 Å². The molecule has 0 spiro atoms. The van der Waals surface area contributed by atoms with E-state index in [1.807, 2.05) is 0 Å². The summed E-state index contributed by atoms with van der Waals surface area (Å²) in [5, 5.41) is 0. The van der Waals surface area contributed by atoms with Gasteiger partial charge in [0.2, 0.25) is 0 Å². The quantitative estimate of drug-likeness (QED) is 0.499. The normalized spacial score (nSPS) is 7.80. The molecule has 0 nitrogen and oxygen atoms in total. The van der Waals surface area contributed by atoms with Crippen LogP contribution < -0.4 is 0 Å². The molecule has 0 saturated heterocycles. The van der Waals surface area contributed by atoms with Crippen LogP contribution in [0.1, 0.15) is 6.92 Å². The van der Waals surface area contributed by atoms with Crippen molar-refractivity contribution in [1.82, 2.24) is 0 Å². The first kappa shape index (κ1) is 5.93. The molecular formula is C3H8ClGa. The molecule has 0 rings (SSSR count). The Labute approximate surface area is 42.6 Å². The second-order valence-corrected chi connectivity index (χ2v) is 10.0. The summed E-state index contributed by atoms with van der Waals surface area (Å²) in [6, 6.07) is 0. The Balaban J connectivity index is 2.54. The van der Waals surface area contributed by atoms with Gasteiger partial charge >= 0.3 is 42.2 Å². The van der Waals surface area contributed by atoms with Crippen molar-refractivity contribution in [2.45, 2.75) is 17.4 Å². The van der Waals surface area contributed by atoms with Crippen molar-refractivity contribution in [3.8, 4) is 0 Å². The molecule has 0 heterocycles. The third-order valence-electron chi connectivity index (χ3n) is 0.563. The first-order valence-electron chi connectivity index (χ1n) is 1.91. The van der Waals surface area contributed by atoms with Gasteiger partial charge in [0.25, 0.3) is 0 Å². The van der Waals surface area contributed by atoms with Crippen LogP contribution in [0.15, 0.2) is 0 Å². The van der Waals surface area contributed by atoms with E-state index in [0.29, 0.717) is 0 Å². The fourth-order valence-corrected chi connectivity index (χ4v) is 0. The Morgan fingerprint density at radius 1 is 1.80 bits per heavy atom. The van der Waals surface area contributed by atoms with Crippen LogP contribution >= 0.6 is 9.64 Å². The van der Waals surface area contributed by atoms with E-state index in [-0.39, 0.29) is 0 Å². The van der Waals surface area contributed by atoms with Crippen molar-refractivity contribution in [2.75, 3.05) is 0 Å². The third-order valence-corrected chi connectivity index (χ3v) is 4.53. The van der Waals surface area contributed by atoms with E-state index < -0.39 is 15.2 Å². The molecule has 0 aromatic rings. The average Bonchev–Trinajstić information content (AvgIpc) is 1.38. The number of halogens is 1. The number of hydrogen-bond donors (Lipinski definition) is 0. The van der Waals surface area contributed by atoms with Crippen LogP contribution in [0.25, 0.3) is 0 Å². The number of rotatable bonds is 1. The predicted molar refractivity (Wildman–Crippen MR) is 28.0 cm³/mol. The summed E-state index contributed by atoms with van der Waals surface area (Å²) in [5.41, 5.74) is 2.18. The molecule has 0 N–H and O–H groups in total. The van der Waals surface area contributed by atoms with Gasteiger partial charge in [-0.2, -0.15) is 0 Å². The second-order valence-electron chi connectivity index (χ2n) is 1.19. The minimum atomic E-state index is -1.04. The summed E-state index contributed by atoms with van der Waals surface area (Å²) in [7, 11) is 5.65.